The molecular formula is C12H14N2O8. The van der Waals surface area contributed by atoms with Gasteiger partial charge in [-0.1, -0.05) is 6.07 Å². The lowest BCUT2D eigenvalue weighted by Gasteiger charge is -2.28. The Hall–Kier alpha value is -2.56. The predicted molar refractivity (Wildman–Crippen MR) is 71.5 cm³/mol. The molecule has 1 aromatic carbocycles. The minimum atomic E-state index is -1.79. The molecule has 0 aliphatic rings. The van der Waals surface area contributed by atoms with Gasteiger partial charge in [-0.05, 0) is 12.1 Å². The fourth-order valence-electron chi connectivity index (χ4n) is 1.67. The van der Waals surface area contributed by atoms with E-state index < -0.39 is 59.0 Å². The van der Waals surface area contributed by atoms with Crippen molar-refractivity contribution in [2.45, 2.75) is 5.54 Å². The standard InChI is InChI=1S/C12H14N2O8/c15-4-12(5-16,6-17)13-10(18)7-2-1-3-8(11(19)20)9(7)14(21)22/h1-3,15-17H,4-6H2,(H,13,18)(H,19,20). The number of rotatable bonds is 7. The van der Waals surface area contributed by atoms with Gasteiger partial charge in [0.05, 0.1) is 24.7 Å². The van der Waals surface area contributed by atoms with Gasteiger partial charge < -0.3 is 25.7 Å². The SMILES string of the molecule is O=C(O)c1cccc(C(=O)NC(CO)(CO)CO)c1[N+](=O)[O-]. The molecular weight excluding hydrogens is 300 g/mol. The van der Waals surface area contributed by atoms with E-state index in [-0.39, 0.29) is 0 Å². The van der Waals surface area contributed by atoms with Crippen LogP contribution in [-0.2, 0) is 0 Å². The number of carbonyl (C=O) groups excluding carboxylic acids is 1. The van der Waals surface area contributed by atoms with Gasteiger partial charge >= 0.3 is 5.97 Å². The van der Waals surface area contributed by atoms with E-state index in [0.29, 0.717) is 0 Å². The highest BCUT2D eigenvalue weighted by molar-refractivity contribution is 6.04. The summed E-state index contributed by atoms with van der Waals surface area (Å²) in [5.74, 6) is -2.69. The van der Waals surface area contributed by atoms with Crippen molar-refractivity contribution in [3.63, 3.8) is 0 Å². The van der Waals surface area contributed by atoms with Crippen LogP contribution in [0, 0.1) is 10.1 Å². The van der Waals surface area contributed by atoms with Crippen LogP contribution in [0.25, 0.3) is 0 Å². The summed E-state index contributed by atoms with van der Waals surface area (Å²) in [6, 6.07) is 3.13. The number of nitrogens with zero attached hydrogens (tertiary/aromatic N) is 1. The summed E-state index contributed by atoms with van der Waals surface area (Å²) in [5, 5.41) is 49.4. The van der Waals surface area contributed by atoms with Crippen LogP contribution in [0.2, 0.25) is 0 Å². The Labute approximate surface area is 123 Å². The van der Waals surface area contributed by atoms with Gasteiger partial charge in [-0.25, -0.2) is 4.79 Å². The molecule has 0 atom stereocenters. The van der Waals surface area contributed by atoms with Crippen LogP contribution < -0.4 is 5.32 Å². The number of carboxylic acids is 1. The third-order valence-corrected chi connectivity index (χ3v) is 2.98. The molecule has 0 spiro atoms. The molecule has 10 nitrogen and oxygen atoms in total. The van der Waals surface area contributed by atoms with Crippen LogP contribution in [0.1, 0.15) is 20.7 Å². The average Bonchev–Trinajstić information content (AvgIpc) is 2.51. The summed E-state index contributed by atoms with van der Waals surface area (Å²) in [5.41, 5.74) is -3.95. The second-order valence-electron chi connectivity index (χ2n) is 4.47. The van der Waals surface area contributed by atoms with Crippen LogP contribution in [-0.4, -0.2) is 62.6 Å². The number of nitro groups is 1. The minimum Gasteiger partial charge on any atom is -0.477 e. The molecule has 1 rings (SSSR count). The van der Waals surface area contributed by atoms with Crippen molar-refractivity contribution in [3.05, 3.63) is 39.4 Å². The second-order valence-corrected chi connectivity index (χ2v) is 4.47. The summed E-state index contributed by atoms with van der Waals surface area (Å²) in [6.45, 7) is -2.46. The summed E-state index contributed by atoms with van der Waals surface area (Å²) < 4.78 is 0. The van der Waals surface area contributed by atoms with Crippen molar-refractivity contribution in [1.29, 1.82) is 0 Å². The number of aromatic carboxylic acids is 1. The van der Waals surface area contributed by atoms with Gasteiger partial charge in [0.15, 0.2) is 0 Å². The fourth-order valence-corrected chi connectivity index (χ4v) is 1.67. The zero-order valence-electron chi connectivity index (χ0n) is 11.2. The van der Waals surface area contributed by atoms with Gasteiger partial charge in [0, 0.05) is 0 Å². The van der Waals surface area contributed by atoms with E-state index in [1.807, 2.05) is 0 Å². The van der Waals surface area contributed by atoms with Gasteiger partial charge in [-0.3, -0.25) is 14.9 Å². The number of carbonyl (C=O) groups is 2. The number of aliphatic hydroxyl groups excluding tert-OH is 3. The van der Waals surface area contributed by atoms with Crippen molar-refractivity contribution in [2.75, 3.05) is 19.8 Å². The first-order chi connectivity index (χ1) is 10.3. The number of hydrogen-bond acceptors (Lipinski definition) is 7. The van der Waals surface area contributed by atoms with Gasteiger partial charge in [-0.15, -0.1) is 0 Å². The van der Waals surface area contributed by atoms with Crippen molar-refractivity contribution in [3.8, 4) is 0 Å². The molecule has 22 heavy (non-hydrogen) atoms. The third kappa shape index (κ3) is 3.36. The third-order valence-electron chi connectivity index (χ3n) is 2.98. The average molecular weight is 314 g/mol. The molecule has 0 saturated carbocycles. The number of amides is 1. The number of benzene rings is 1. The van der Waals surface area contributed by atoms with E-state index in [9.17, 15) is 19.7 Å². The van der Waals surface area contributed by atoms with Crippen LogP contribution >= 0.6 is 0 Å². The smallest absolute Gasteiger partial charge is 0.342 e. The summed E-state index contributed by atoms with van der Waals surface area (Å²) in [6.07, 6.45) is 0. The first-order valence-corrected chi connectivity index (χ1v) is 5.97. The van der Waals surface area contributed by atoms with Gasteiger partial charge in [0.1, 0.15) is 16.7 Å². The Morgan fingerprint density at radius 3 is 2.05 bits per heavy atom. The summed E-state index contributed by atoms with van der Waals surface area (Å²) >= 11 is 0. The molecule has 0 aromatic heterocycles. The van der Waals surface area contributed by atoms with Crippen LogP contribution in [0.4, 0.5) is 5.69 Å². The fraction of sp³-hybridized carbons (Fsp3) is 0.333. The number of aliphatic hydroxyl groups is 3. The molecule has 0 heterocycles. The highest BCUT2D eigenvalue weighted by Gasteiger charge is 2.34. The van der Waals surface area contributed by atoms with E-state index in [1.54, 1.807) is 0 Å². The molecule has 0 aliphatic heterocycles. The summed E-state index contributed by atoms with van der Waals surface area (Å²) in [4.78, 5) is 33.1. The highest BCUT2D eigenvalue weighted by atomic mass is 16.6. The first-order valence-electron chi connectivity index (χ1n) is 5.97. The number of nitro benzene ring substituents is 1. The van der Waals surface area contributed by atoms with E-state index in [4.69, 9.17) is 20.4 Å². The Bertz CT molecular complexity index is 589. The summed E-state index contributed by atoms with van der Waals surface area (Å²) in [7, 11) is 0. The molecule has 0 radical (unpaired) electrons. The quantitative estimate of drug-likeness (QED) is 0.306. The minimum absolute atomic E-state index is 0.565. The molecule has 0 saturated heterocycles. The monoisotopic (exact) mass is 314 g/mol. The lowest BCUT2D eigenvalue weighted by atomic mass is 10.0. The lowest BCUT2D eigenvalue weighted by Crippen LogP contribution is -2.57. The molecule has 5 N–H and O–H groups in total. The van der Waals surface area contributed by atoms with Crippen molar-refractivity contribution in [2.24, 2.45) is 0 Å². The Morgan fingerprint density at radius 2 is 1.64 bits per heavy atom. The topological polar surface area (TPSA) is 170 Å². The molecule has 0 unspecified atom stereocenters. The highest BCUT2D eigenvalue weighted by Crippen LogP contribution is 2.24. The van der Waals surface area contributed by atoms with Crippen molar-refractivity contribution in [1.82, 2.24) is 5.32 Å². The Kier molecular flexibility index (Phi) is 5.51. The normalized spacial score (nSPS) is 11.0. The lowest BCUT2D eigenvalue weighted by molar-refractivity contribution is -0.385. The van der Waals surface area contributed by atoms with E-state index in [0.717, 1.165) is 18.2 Å². The van der Waals surface area contributed by atoms with E-state index in [2.05, 4.69) is 5.32 Å². The maximum atomic E-state index is 12.1. The number of hydrogen-bond donors (Lipinski definition) is 5. The zero-order valence-corrected chi connectivity index (χ0v) is 11.2. The van der Waals surface area contributed by atoms with Gasteiger partial charge in [0.25, 0.3) is 11.6 Å². The molecule has 1 amide bonds. The van der Waals surface area contributed by atoms with Crippen molar-refractivity contribution < 1.29 is 34.9 Å². The zero-order chi connectivity index (χ0) is 16.9. The van der Waals surface area contributed by atoms with E-state index in [1.165, 1.54) is 0 Å². The maximum absolute atomic E-state index is 12.1. The van der Waals surface area contributed by atoms with Gasteiger partial charge in [-0.2, -0.15) is 0 Å². The van der Waals surface area contributed by atoms with E-state index >= 15 is 0 Å². The maximum Gasteiger partial charge on any atom is 0.342 e. The molecule has 0 aliphatic carbocycles. The van der Waals surface area contributed by atoms with Crippen LogP contribution in [0.3, 0.4) is 0 Å². The largest absolute Gasteiger partial charge is 0.477 e. The molecule has 120 valence electrons. The molecule has 0 bridgehead atoms. The van der Waals surface area contributed by atoms with Crippen LogP contribution in [0.5, 0.6) is 0 Å². The van der Waals surface area contributed by atoms with Crippen LogP contribution in [0.15, 0.2) is 18.2 Å². The Morgan fingerprint density at radius 1 is 1.14 bits per heavy atom. The molecule has 1 aromatic rings. The second kappa shape index (κ2) is 6.93. The molecule has 10 heteroatoms. The Balaban J connectivity index is 3.32. The molecule has 0 fully saturated rings. The predicted octanol–water partition coefficient (Wildman–Crippen LogP) is -1.26. The van der Waals surface area contributed by atoms with Crippen molar-refractivity contribution >= 4 is 17.6 Å². The van der Waals surface area contributed by atoms with Gasteiger partial charge in [0.2, 0.25) is 0 Å². The first kappa shape index (κ1) is 17.5. The number of nitrogens with one attached hydrogen (secondary N) is 1. The number of para-hydroxylation sites is 1. The number of carboxylic acid groups (broad SMARTS) is 1.